The molecule has 13 aromatic rings. The van der Waals surface area contributed by atoms with E-state index in [2.05, 4.69) is 248 Å². The molecule has 308 valence electrons. The zero-order chi connectivity index (χ0) is 43.6. The van der Waals surface area contributed by atoms with Gasteiger partial charge in [0.25, 0.3) is 0 Å². The maximum absolute atomic E-state index is 6.48. The van der Waals surface area contributed by atoms with Crippen molar-refractivity contribution < 1.29 is 4.42 Å². The summed E-state index contributed by atoms with van der Waals surface area (Å²) < 4.78 is 6.48. The zero-order valence-electron chi connectivity index (χ0n) is 36.0. The van der Waals surface area contributed by atoms with E-state index in [0.717, 1.165) is 50.1 Å². The third kappa shape index (κ3) is 6.26. The van der Waals surface area contributed by atoms with Crippen molar-refractivity contribution in [2.75, 3.05) is 4.90 Å². The summed E-state index contributed by atoms with van der Waals surface area (Å²) in [6, 6.07) is 90.3. The maximum Gasteiger partial charge on any atom is 0.137 e. The van der Waals surface area contributed by atoms with Gasteiger partial charge in [0.1, 0.15) is 11.2 Å². The van der Waals surface area contributed by atoms with Gasteiger partial charge in [-0.1, -0.05) is 194 Å². The van der Waals surface area contributed by atoms with Crippen LogP contribution in [0.1, 0.15) is 0 Å². The van der Waals surface area contributed by atoms with Crippen molar-refractivity contribution in [2.24, 2.45) is 0 Å². The maximum atomic E-state index is 6.48. The third-order valence-electron chi connectivity index (χ3n) is 13.4. The first kappa shape index (κ1) is 37.8. The number of hydrogen-bond donors (Lipinski definition) is 0. The molecule has 0 fully saturated rings. The van der Waals surface area contributed by atoms with Crippen LogP contribution >= 0.6 is 0 Å². The highest BCUT2D eigenvalue weighted by Gasteiger charge is 2.22. The summed E-state index contributed by atoms with van der Waals surface area (Å²) in [4.78, 5) is 2.39. The Morgan fingerprint density at radius 3 is 1.58 bits per heavy atom. The Balaban J connectivity index is 0.985. The van der Waals surface area contributed by atoms with Gasteiger partial charge in [-0.2, -0.15) is 0 Å². The molecule has 0 aliphatic rings. The molecular formula is C64H41NO. The number of hydrogen-bond acceptors (Lipinski definition) is 2. The van der Waals surface area contributed by atoms with E-state index in [9.17, 15) is 0 Å². The van der Waals surface area contributed by atoms with Gasteiger partial charge < -0.3 is 9.32 Å². The fraction of sp³-hybridized carbons (Fsp3) is 0. The topological polar surface area (TPSA) is 16.4 Å². The quantitative estimate of drug-likeness (QED) is 0.149. The summed E-state index contributed by atoms with van der Waals surface area (Å²) >= 11 is 0. The molecule has 0 saturated carbocycles. The van der Waals surface area contributed by atoms with Crippen molar-refractivity contribution in [1.29, 1.82) is 0 Å². The lowest BCUT2D eigenvalue weighted by Crippen LogP contribution is -2.10. The highest BCUT2D eigenvalue weighted by molar-refractivity contribution is 6.22. The molecule has 0 unspecified atom stereocenters. The number of furan rings is 1. The van der Waals surface area contributed by atoms with Gasteiger partial charge in [-0.15, -0.1) is 0 Å². The van der Waals surface area contributed by atoms with Crippen molar-refractivity contribution in [3.8, 4) is 44.5 Å². The van der Waals surface area contributed by atoms with Crippen LogP contribution < -0.4 is 4.90 Å². The molecule has 66 heavy (non-hydrogen) atoms. The molecule has 0 atom stereocenters. The lowest BCUT2D eigenvalue weighted by molar-refractivity contribution is 0.669. The fourth-order valence-corrected chi connectivity index (χ4v) is 10.4. The van der Waals surface area contributed by atoms with E-state index >= 15 is 0 Å². The van der Waals surface area contributed by atoms with E-state index in [1.807, 2.05) is 6.07 Å². The average Bonchev–Trinajstić information content (AvgIpc) is 3.78. The molecule has 0 aliphatic carbocycles. The predicted molar refractivity (Wildman–Crippen MR) is 280 cm³/mol. The molecule has 0 N–H and O–H groups in total. The minimum Gasteiger partial charge on any atom is -0.456 e. The molecule has 1 heterocycles. The summed E-state index contributed by atoms with van der Waals surface area (Å²) in [6.07, 6.45) is 0. The highest BCUT2D eigenvalue weighted by atomic mass is 16.3. The fourth-order valence-electron chi connectivity index (χ4n) is 10.4. The van der Waals surface area contributed by atoms with E-state index in [1.54, 1.807) is 0 Å². The normalized spacial score (nSPS) is 11.6. The summed E-state index contributed by atoms with van der Waals surface area (Å²) in [5.41, 5.74) is 14.5. The largest absolute Gasteiger partial charge is 0.456 e. The standard InChI is InChI=1S/C64H41NO/c1-3-16-44(17-4-1)62-56-24-10-9-23-54(56)55-38-34-48(41-58(55)63(62)45-18-5-2-6-19-45)46-20-13-21-51(40-46)65(59-26-14-28-61-64(59)57-25-11-12-27-60(57)66-61)50-35-31-42(32-36-50)47-33-37-53-49(39-47)30-29-43-15-7-8-22-52(43)53/h1-41H. The van der Waals surface area contributed by atoms with Gasteiger partial charge >= 0.3 is 0 Å². The van der Waals surface area contributed by atoms with Crippen molar-refractivity contribution in [2.45, 2.75) is 0 Å². The molecule has 0 bridgehead atoms. The molecule has 0 saturated heterocycles. The van der Waals surface area contributed by atoms with Gasteiger partial charge in [-0.3, -0.25) is 0 Å². The third-order valence-corrected chi connectivity index (χ3v) is 13.4. The molecule has 2 heteroatoms. The number of anilines is 3. The Hall–Kier alpha value is -8.72. The minimum atomic E-state index is 0.861. The lowest BCUT2D eigenvalue weighted by Gasteiger charge is -2.27. The van der Waals surface area contributed by atoms with Gasteiger partial charge in [0, 0.05) is 16.8 Å². The summed E-state index contributed by atoms with van der Waals surface area (Å²) in [5.74, 6) is 0. The van der Waals surface area contributed by atoms with Crippen molar-refractivity contribution in [3.63, 3.8) is 0 Å². The van der Waals surface area contributed by atoms with E-state index in [4.69, 9.17) is 4.42 Å². The van der Waals surface area contributed by atoms with Crippen LogP contribution in [0.5, 0.6) is 0 Å². The second-order valence-corrected chi connectivity index (χ2v) is 17.2. The lowest BCUT2D eigenvalue weighted by atomic mass is 9.84. The first-order valence-electron chi connectivity index (χ1n) is 22.7. The molecule has 0 amide bonds. The van der Waals surface area contributed by atoms with Crippen molar-refractivity contribution in [3.05, 3.63) is 249 Å². The molecular weight excluding hydrogens is 799 g/mol. The number of nitrogens with zero attached hydrogens (tertiary/aromatic N) is 1. The molecule has 2 nitrogen and oxygen atoms in total. The Bertz CT molecular complexity index is 3980. The molecule has 12 aromatic carbocycles. The molecule has 0 spiro atoms. The van der Waals surface area contributed by atoms with E-state index in [0.29, 0.717) is 0 Å². The highest BCUT2D eigenvalue weighted by Crippen LogP contribution is 2.47. The average molecular weight is 840 g/mol. The smallest absolute Gasteiger partial charge is 0.137 e. The monoisotopic (exact) mass is 839 g/mol. The Labute approximate surface area is 382 Å². The first-order chi connectivity index (χ1) is 32.7. The van der Waals surface area contributed by atoms with Crippen LogP contribution in [0.15, 0.2) is 253 Å². The van der Waals surface area contributed by atoms with Gasteiger partial charge in [0.2, 0.25) is 0 Å². The van der Waals surface area contributed by atoms with Crippen molar-refractivity contribution in [1.82, 2.24) is 0 Å². The Kier molecular flexibility index (Phi) is 8.89. The van der Waals surface area contributed by atoms with Gasteiger partial charge in [-0.25, -0.2) is 0 Å². The van der Waals surface area contributed by atoms with Crippen LogP contribution in [0.25, 0.3) is 110 Å². The van der Waals surface area contributed by atoms with E-state index < -0.39 is 0 Å². The number of fused-ring (bicyclic) bond motifs is 9. The Morgan fingerprint density at radius 2 is 0.788 bits per heavy atom. The van der Waals surface area contributed by atoms with Crippen LogP contribution in [0.3, 0.4) is 0 Å². The SMILES string of the molecule is c1ccc(-c2c(-c3ccccc3)c3cc(-c4cccc(N(c5ccc(-c6ccc7c(ccc8ccccc87)c6)cc5)c5cccc6oc7ccccc7c56)c4)ccc3c3ccccc23)cc1. The van der Waals surface area contributed by atoms with Crippen molar-refractivity contribution >= 4 is 82.1 Å². The molecule has 1 aromatic heterocycles. The number of rotatable bonds is 7. The second kappa shape index (κ2) is 15.5. The molecule has 13 rings (SSSR count). The van der Waals surface area contributed by atoms with Gasteiger partial charge in [-0.05, 0) is 142 Å². The van der Waals surface area contributed by atoms with Crippen LogP contribution in [0, 0.1) is 0 Å². The van der Waals surface area contributed by atoms with Crippen LogP contribution in [0.2, 0.25) is 0 Å². The summed E-state index contributed by atoms with van der Waals surface area (Å²) in [5, 5.41) is 12.2. The summed E-state index contributed by atoms with van der Waals surface area (Å²) in [7, 11) is 0. The number of para-hydroxylation sites is 1. The first-order valence-corrected chi connectivity index (χ1v) is 22.7. The van der Waals surface area contributed by atoms with E-state index in [1.165, 1.54) is 76.5 Å². The second-order valence-electron chi connectivity index (χ2n) is 17.2. The number of benzene rings is 12. The molecule has 0 aliphatic heterocycles. The van der Waals surface area contributed by atoms with Crippen LogP contribution in [0.4, 0.5) is 17.1 Å². The van der Waals surface area contributed by atoms with E-state index in [-0.39, 0.29) is 0 Å². The predicted octanol–water partition coefficient (Wildman–Crippen LogP) is 18.3. The molecule has 0 radical (unpaired) electrons. The Morgan fingerprint density at radius 1 is 0.258 bits per heavy atom. The zero-order valence-corrected chi connectivity index (χ0v) is 36.0. The van der Waals surface area contributed by atoms with Crippen LogP contribution in [-0.2, 0) is 0 Å². The van der Waals surface area contributed by atoms with Gasteiger partial charge in [0.05, 0.1) is 11.1 Å². The summed E-state index contributed by atoms with van der Waals surface area (Å²) in [6.45, 7) is 0. The minimum absolute atomic E-state index is 0.861. The van der Waals surface area contributed by atoms with Crippen LogP contribution in [-0.4, -0.2) is 0 Å². The van der Waals surface area contributed by atoms with Gasteiger partial charge in [0.15, 0.2) is 0 Å².